The van der Waals surface area contributed by atoms with Gasteiger partial charge in [0.05, 0.1) is 10.0 Å². The van der Waals surface area contributed by atoms with Crippen LogP contribution in [-0.4, -0.2) is 19.3 Å². The molecule has 2 rings (SSSR count). The van der Waals surface area contributed by atoms with Crippen molar-refractivity contribution < 1.29 is 8.42 Å². The summed E-state index contributed by atoms with van der Waals surface area (Å²) in [5.74, 6) is 0. The maximum Gasteiger partial charge on any atom is 0.245 e. The van der Waals surface area contributed by atoms with Crippen LogP contribution in [0.3, 0.4) is 0 Å². The predicted octanol–water partition coefficient (Wildman–Crippen LogP) is 3.36. The van der Waals surface area contributed by atoms with Crippen molar-refractivity contribution in [3.8, 4) is 0 Å². The Labute approximate surface area is 133 Å². The van der Waals surface area contributed by atoms with E-state index in [1.807, 2.05) is 6.07 Å². The number of hydrogen-bond acceptors (Lipinski definition) is 4. The SMILES string of the molecule is C=CCN(Cc1ccc(Cl)s1)S(=O)(=O)c1ccccc1N. The third-order valence-corrected chi connectivity index (χ3v) is 5.93. The Kier molecular flexibility index (Phi) is 5.05. The molecule has 0 atom stereocenters. The van der Waals surface area contributed by atoms with E-state index in [0.717, 1.165) is 4.88 Å². The zero-order valence-corrected chi connectivity index (χ0v) is 13.6. The first-order valence-corrected chi connectivity index (χ1v) is 8.78. The molecule has 0 aliphatic carbocycles. The van der Waals surface area contributed by atoms with Crippen molar-refractivity contribution in [2.45, 2.75) is 11.4 Å². The molecule has 1 heterocycles. The van der Waals surface area contributed by atoms with Gasteiger partial charge in [0.25, 0.3) is 0 Å². The van der Waals surface area contributed by atoms with Crippen molar-refractivity contribution in [2.24, 2.45) is 0 Å². The van der Waals surface area contributed by atoms with Crippen LogP contribution in [0.5, 0.6) is 0 Å². The van der Waals surface area contributed by atoms with Gasteiger partial charge in [-0.1, -0.05) is 29.8 Å². The highest BCUT2D eigenvalue weighted by Gasteiger charge is 2.25. The Bertz CT molecular complexity index is 741. The van der Waals surface area contributed by atoms with Crippen LogP contribution in [0.2, 0.25) is 4.34 Å². The average Bonchev–Trinajstić information content (AvgIpc) is 2.84. The largest absolute Gasteiger partial charge is 0.398 e. The van der Waals surface area contributed by atoms with Gasteiger partial charge in [0.15, 0.2) is 0 Å². The number of nitrogens with two attached hydrogens (primary N) is 1. The number of nitrogen functional groups attached to an aromatic ring is 1. The number of thiophene rings is 1. The second-order valence-electron chi connectivity index (χ2n) is 4.33. The van der Waals surface area contributed by atoms with Crippen LogP contribution in [-0.2, 0) is 16.6 Å². The lowest BCUT2D eigenvalue weighted by Crippen LogP contribution is -2.31. The second-order valence-corrected chi connectivity index (χ2v) is 8.04. The molecule has 2 N–H and O–H groups in total. The fourth-order valence-corrected chi connectivity index (χ4v) is 4.55. The molecule has 4 nitrogen and oxygen atoms in total. The summed E-state index contributed by atoms with van der Waals surface area (Å²) in [6, 6.07) is 9.98. The van der Waals surface area contributed by atoms with E-state index >= 15 is 0 Å². The van der Waals surface area contributed by atoms with Crippen molar-refractivity contribution in [3.63, 3.8) is 0 Å². The van der Waals surface area contributed by atoms with E-state index in [2.05, 4.69) is 6.58 Å². The molecule has 0 radical (unpaired) electrons. The number of benzene rings is 1. The Morgan fingerprint density at radius 2 is 2.00 bits per heavy atom. The summed E-state index contributed by atoms with van der Waals surface area (Å²) in [5, 5.41) is 0. The smallest absolute Gasteiger partial charge is 0.245 e. The molecule has 0 aliphatic heterocycles. The summed E-state index contributed by atoms with van der Waals surface area (Å²) >= 11 is 7.24. The minimum atomic E-state index is -3.68. The normalized spacial score (nSPS) is 11.7. The van der Waals surface area contributed by atoms with Gasteiger partial charge in [-0.25, -0.2) is 8.42 Å². The van der Waals surface area contributed by atoms with Gasteiger partial charge in [0.2, 0.25) is 10.0 Å². The molecule has 0 unspecified atom stereocenters. The highest BCUT2D eigenvalue weighted by molar-refractivity contribution is 7.89. The molecule has 112 valence electrons. The van der Waals surface area contributed by atoms with E-state index in [0.29, 0.717) is 4.34 Å². The van der Waals surface area contributed by atoms with Gasteiger partial charge in [0.1, 0.15) is 4.90 Å². The molecule has 0 fully saturated rings. The number of hydrogen-bond donors (Lipinski definition) is 1. The Balaban J connectivity index is 2.37. The summed E-state index contributed by atoms with van der Waals surface area (Å²) in [7, 11) is -3.68. The van der Waals surface area contributed by atoms with Crippen LogP contribution in [0.25, 0.3) is 0 Å². The number of anilines is 1. The quantitative estimate of drug-likeness (QED) is 0.646. The number of para-hydroxylation sites is 1. The molecule has 21 heavy (non-hydrogen) atoms. The van der Waals surface area contributed by atoms with Crippen LogP contribution in [0.1, 0.15) is 4.88 Å². The van der Waals surface area contributed by atoms with E-state index in [4.69, 9.17) is 17.3 Å². The zero-order valence-electron chi connectivity index (χ0n) is 11.2. The summed E-state index contributed by atoms with van der Waals surface area (Å²) < 4.78 is 27.4. The average molecular weight is 343 g/mol. The Hall–Kier alpha value is -1.34. The van der Waals surface area contributed by atoms with E-state index in [1.54, 1.807) is 30.3 Å². The fourth-order valence-electron chi connectivity index (χ4n) is 1.86. The molecule has 0 amide bonds. The molecule has 7 heteroatoms. The Morgan fingerprint density at radius 3 is 2.57 bits per heavy atom. The van der Waals surface area contributed by atoms with Gasteiger partial charge in [-0.3, -0.25) is 0 Å². The van der Waals surface area contributed by atoms with Gasteiger partial charge < -0.3 is 5.73 Å². The van der Waals surface area contributed by atoms with Gasteiger partial charge in [-0.2, -0.15) is 4.31 Å². The second kappa shape index (κ2) is 6.62. The van der Waals surface area contributed by atoms with E-state index in [9.17, 15) is 8.42 Å². The van der Waals surface area contributed by atoms with Crippen LogP contribution >= 0.6 is 22.9 Å². The summed E-state index contributed by atoms with van der Waals surface area (Å²) in [6.07, 6.45) is 1.55. The number of rotatable bonds is 6. The van der Waals surface area contributed by atoms with Crippen LogP contribution in [0, 0.1) is 0 Å². The van der Waals surface area contributed by atoms with Crippen LogP contribution in [0.15, 0.2) is 53.9 Å². The fraction of sp³-hybridized carbons (Fsp3) is 0.143. The topological polar surface area (TPSA) is 63.4 Å². The van der Waals surface area contributed by atoms with Gasteiger partial charge in [-0.05, 0) is 24.3 Å². The monoisotopic (exact) mass is 342 g/mol. The summed E-state index contributed by atoms with van der Waals surface area (Å²) in [5.41, 5.74) is 6.02. The predicted molar refractivity (Wildman–Crippen MR) is 88.0 cm³/mol. The van der Waals surface area contributed by atoms with Crippen molar-refractivity contribution in [3.05, 3.63) is 58.3 Å². The van der Waals surface area contributed by atoms with Crippen LogP contribution < -0.4 is 5.73 Å². The third-order valence-electron chi connectivity index (χ3n) is 2.83. The minimum absolute atomic E-state index is 0.106. The number of nitrogens with zero attached hydrogens (tertiary/aromatic N) is 1. The molecule has 2 aromatic rings. The molecular weight excluding hydrogens is 328 g/mol. The van der Waals surface area contributed by atoms with Crippen molar-refractivity contribution in [1.29, 1.82) is 0 Å². The molecule has 0 saturated heterocycles. The molecule has 0 bridgehead atoms. The number of sulfonamides is 1. The maximum atomic E-state index is 12.7. The molecule has 1 aromatic carbocycles. The summed E-state index contributed by atoms with van der Waals surface area (Å²) in [4.78, 5) is 0.967. The van der Waals surface area contributed by atoms with E-state index in [-0.39, 0.29) is 23.7 Å². The van der Waals surface area contributed by atoms with Gasteiger partial charge >= 0.3 is 0 Å². The number of halogens is 1. The lowest BCUT2D eigenvalue weighted by atomic mass is 10.3. The highest BCUT2D eigenvalue weighted by atomic mass is 35.5. The zero-order chi connectivity index (χ0) is 15.5. The minimum Gasteiger partial charge on any atom is -0.398 e. The summed E-state index contributed by atoms with van der Waals surface area (Å²) in [6.45, 7) is 4.05. The maximum absolute atomic E-state index is 12.7. The van der Waals surface area contributed by atoms with Gasteiger partial charge in [-0.15, -0.1) is 17.9 Å². The highest BCUT2D eigenvalue weighted by Crippen LogP contribution is 2.27. The third kappa shape index (κ3) is 3.65. The lowest BCUT2D eigenvalue weighted by Gasteiger charge is -2.21. The van der Waals surface area contributed by atoms with Crippen molar-refractivity contribution in [1.82, 2.24) is 4.31 Å². The standard InChI is InChI=1S/C14H15ClN2O2S2/c1-2-9-17(10-11-7-8-14(15)20-11)21(18,19)13-6-4-3-5-12(13)16/h2-8H,1,9-10,16H2. The van der Waals surface area contributed by atoms with Crippen molar-refractivity contribution in [2.75, 3.05) is 12.3 Å². The first kappa shape index (κ1) is 16.0. The molecule has 1 aromatic heterocycles. The van der Waals surface area contributed by atoms with Crippen LogP contribution in [0.4, 0.5) is 5.69 Å². The van der Waals surface area contributed by atoms with E-state index in [1.165, 1.54) is 21.7 Å². The van der Waals surface area contributed by atoms with Crippen molar-refractivity contribution >= 4 is 38.6 Å². The lowest BCUT2D eigenvalue weighted by molar-refractivity contribution is 0.442. The first-order chi connectivity index (χ1) is 9.95. The van der Waals surface area contributed by atoms with E-state index < -0.39 is 10.0 Å². The molecule has 0 spiro atoms. The molecule has 0 aliphatic rings. The molecular formula is C14H15ClN2O2S2. The Morgan fingerprint density at radius 1 is 1.29 bits per heavy atom. The molecule has 0 saturated carbocycles. The first-order valence-electron chi connectivity index (χ1n) is 6.15. The van der Waals surface area contributed by atoms with Gasteiger partial charge in [0, 0.05) is 18.0 Å².